The highest BCUT2D eigenvalue weighted by Crippen LogP contribution is 2.25. The lowest BCUT2D eigenvalue weighted by molar-refractivity contribution is 0.0673. The number of anilines is 1. The fourth-order valence-corrected chi connectivity index (χ4v) is 2.87. The van der Waals surface area contributed by atoms with E-state index < -0.39 is 0 Å². The zero-order valence-corrected chi connectivity index (χ0v) is 14.2. The van der Waals surface area contributed by atoms with E-state index in [9.17, 15) is 4.79 Å². The van der Waals surface area contributed by atoms with Gasteiger partial charge in [-0.1, -0.05) is 24.3 Å². The first-order valence-corrected chi connectivity index (χ1v) is 8.42. The van der Waals surface area contributed by atoms with Crippen LogP contribution >= 0.6 is 15.9 Å². The number of para-hydroxylation sites is 2. The molecular formula is C18H18BrNO3. The average Bonchev–Trinajstić information content (AvgIpc) is 3.09. The molecular weight excluding hydrogens is 358 g/mol. The van der Waals surface area contributed by atoms with E-state index in [0.29, 0.717) is 17.9 Å². The van der Waals surface area contributed by atoms with Crippen LogP contribution in [0.5, 0.6) is 5.75 Å². The summed E-state index contributed by atoms with van der Waals surface area (Å²) in [5.74, 6) is 0.382. The van der Waals surface area contributed by atoms with Gasteiger partial charge in [0.2, 0.25) is 0 Å². The minimum absolute atomic E-state index is 0.120. The number of nitrogens with one attached hydrogen (secondary N) is 1. The van der Waals surface area contributed by atoms with E-state index in [4.69, 9.17) is 9.47 Å². The van der Waals surface area contributed by atoms with Crippen LogP contribution in [0.15, 0.2) is 53.0 Å². The van der Waals surface area contributed by atoms with Gasteiger partial charge in [0.1, 0.15) is 12.4 Å². The van der Waals surface area contributed by atoms with Crippen molar-refractivity contribution in [1.82, 2.24) is 0 Å². The lowest BCUT2D eigenvalue weighted by Crippen LogP contribution is -2.19. The van der Waals surface area contributed by atoms with Crippen molar-refractivity contribution in [2.75, 3.05) is 18.5 Å². The minimum atomic E-state index is -0.195. The number of carbonyl (C=O) groups excluding carboxylic acids is 1. The van der Waals surface area contributed by atoms with E-state index in [-0.39, 0.29) is 12.0 Å². The first kappa shape index (κ1) is 16.0. The van der Waals surface area contributed by atoms with Crippen LogP contribution in [0, 0.1) is 0 Å². The summed E-state index contributed by atoms with van der Waals surface area (Å²) in [6, 6.07) is 14.8. The maximum atomic E-state index is 12.5. The van der Waals surface area contributed by atoms with Gasteiger partial charge in [0.05, 0.1) is 17.4 Å². The van der Waals surface area contributed by atoms with E-state index in [2.05, 4.69) is 21.2 Å². The number of halogens is 1. The molecule has 120 valence electrons. The fourth-order valence-electron chi connectivity index (χ4n) is 2.49. The zero-order chi connectivity index (χ0) is 16.1. The van der Waals surface area contributed by atoms with Gasteiger partial charge in [-0.3, -0.25) is 4.79 Å². The Kier molecular flexibility index (Phi) is 5.31. The molecule has 1 saturated heterocycles. The summed E-state index contributed by atoms with van der Waals surface area (Å²) in [6.45, 7) is 1.26. The average molecular weight is 376 g/mol. The van der Waals surface area contributed by atoms with Crippen molar-refractivity contribution >= 4 is 27.5 Å². The maximum Gasteiger partial charge on any atom is 0.259 e. The lowest BCUT2D eigenvalue weighted by atomic mass is 10.1. The Labute approximate surface area is 143 Å². The van der Waals surface area contributed by atoms with E-state index in [0.717, 1.165) is 29.6 Å². The molecule has 5 heteroatoms. The Bertz CT molecular complexity index is 683. The standard InChI is InChI=1S/C18H18BrNO3/c19-15-8-2-3-9-16(15)20-18(21)14-7-1-4-10-17(14)23-12-13-6-5-11-22-13/h1-4,7-10,13H,5-6,11-12H2,(H,20,21). The second-order valence-electron chi connectivity index (χ2n) is 5.38. The van der Waals surface area contributed by atoms with Gasteiger partial charge in [-0.2, -0.15) is 0 Å². The first-order valence-electron chi connectivity index (χ1n) is 7.63. The SMILES string of the molecule is O=C(Nc1ccccc1Br)c1ccccc1OCC1CCCO1. The highest BCUT2D eigenvalue weighted by molar-refractivity contribution is 9.10. The monoisotopic (exact) mass is 375 g/mol. The zero-order valence-electron chi connectivity index (χ0n) is 12.6. The Morgan fingerprint density at radius 1 is 1.22 bits per heavy atom. The van der Waals surface area contributed by atoms with Crippen molar-refractivity contribution in [3.63, 3.8) is 0 Å². The molecule has 23 heavy (non-hydrogen) atoms. The second kappa shape index (κ2) is 7.62. The molecule has 0 bridgehead atoms. The molecule has 1 fully saturated rings. The van der Waals surface area contributed by atoms with Crippen molar-refractivity contribution in [1.29, 1.82) is 0 Å². The molecule has 1 N–H and O–H groups in total. The molecule has 0 radical (unpaired) electrons. The van der Waals surface area contributed by atoms with Crippen LogP contribution in [0.1, 0.15) is 23.2 Å². The first-order chi connectivity index (χ1) is 11.2. The smallest absolute Gasteiger partial charge is 0.259 e. The van der Waals surface area contributed by atoms with E-state index >= 15 is 0 Å². The van der Waals surface area contributed by atoms with Crippen LogP contribution in [0.3, 0.4) is 0 Å². The topological polar surface area (TPSA) is 47.6 Å². The van der Waals surface area contributed by atoms with Crippen molar-refractivity contribution in [2.24, 2.45) is 0 Å². The van der Waals surface area contributed by atoms with E-state index in [1.807, 2.05) is 42.5 Å². The number of hydrogen-bond acceptors (Lipinski definition) is 3. The summed E-state index contributed by atoms with van der Waals surface area (Å²) in [6.07, 6.45) is 2.19. The Hall–Kier alpha value is -1.85. The summed E-state index contributed by atoms with van der Waals surface area (Å²) in [7, 11) is 0. The van der Waals surface area contributed by atoms with Crippen LogP contribution in [0.2, 0.25) is 0 Å². The summed E-state index contributed by atoms with van der Waals surface area (Å²) in [5, 5.41) is 2.90. The molecule has 0 aromatic heterocycles. The van der Waals surface area contributed by atoms with Gasteiger partial charge >= 0.3 is 0 Å². The predicted molar refractivity (Wildman–Crippen MR) is 93.0 cm³/mol. The summed E-state index contributed by atoms with van der Waals surface area (Å²) in [4.78, 5) is 12.5. The lowest BCUT2D eigenvalue weighted by Gasteiger charge is -2.15. The summed E-state index contributed by atoms with van der Waals surface area (Å²) >= 11 is 3.43. The molecule has 4 nitrogen and oxygen atoms in total. The van der Waals surface area contributed by atoms with Gasteiger partial charge in [-0.25, -0.2) is 0 Å². The van der Waals surface area contributed by atoms with Gasteiger partial charge in [-0.15, -0.1) is 0 Å². The molecule has 1 heterocycles. The molecule has 2 aromatic carbocycles. The third kappa shape index (κ3) is 4.12. The molecule has 0 spiro atoms. The molecule has 1 atom stereocenters. The highest BCUT2D eigenvalue weighted by atomic mass is 79.9. The van der Waals surface area contributed by atoms with Gasteiger partial charge in [0, 0.05) is 11.1 Å². The summed E-state index contributed by atoms with van der Waals surface area (Å²) in [5.41, 5.74) is 1.24. The molecule has 0 aliphatic carbocycles. The largest absolute Gasteiger partial charge is 0.490 e. The minimum Gasteiger partial charge on any atom is -0.490 e. The number of carbonyl (C=O) groups is 1. The predicted octanol–water partition coefficient (Wildman–Crippen LogP) is 4.26. The van der Waals surface area contributed by atoms with Crippen molar-refractivity contribution in [3.05, 3.63) is 58.6 Å². The van der Waals surface area contributed by atoms with Gasteiger partial charge in [0.15, 0.2) is 0 Å². The van der Waals surface area contributed by atoms with Crippen molar-refractivity contribution in [2.45, 2.75) is 18.9 Å². The van der Waals surface area contributed by atoms with Crippen LogP contribution < -0.4 is 10.1 Å². The number of rotatable bonds is 5. The van der Waals surface area contributed by atoms with Gasteiger partial charge in [-0.05, 0) is 53.0 Å². The number of benzene rings is 2. The molecule has 0 saturated carbocycles. The molecule has 1 unspecified atom stereocenters. The van der Waals surface area contributed by atoms with Gasteiger partial charge < -0.3 is 14.8 Å². The maximum absolute atomic E-state index is 12.5. The van der Waals surface area contributed by atoms with Crippen molar-refractivity contribution in [3.8, 4) is 5.75 Å². The Morgan fingerprint density at radius 3 is 2.78 bits per heavy atom. The molecule has 2 aromatic rings. The van der Waals surface area contributed by atoms with Crippen LogP contribution in [0.4, 0.5) is 5.69 Å². The quantitative estimate of drug-likeness (QED) is 0.848. The second-order valence-corrected chi connectivity index (χ2v) is 6.23. The number of ether oxygens (including phenoxy) is 2. The molecule has 1 amide bonds. The third-order valence-electron chi connectivity index (χ3n) is 3.70. The highest BCUT2D eigenvalue weighted by Gasteiger charge is 2.18. The molecule has 1 aliphatic heterocycles. The van der Waals surface area contributed by atoms with Gasteiger partial charge in [0.25, 0.3) is 5.91 Å². The van der Waals surface area contributed by atoms with E-state index in [1.165, 1.54) is 0 Å². The summed E-state index contributed by atoms with van der Waals surface area (Å²) < 4.78 is 12.2. The fraction of sp³-hybridized carbons (Fsp3) is 0.278. The normalized spacial score (nSPS) is 17.0. The molecule has 3 rings (SSSR count). The van der Waals surface area contributed by atoms with E-state index in [1.54, 1.807) is 6.07 Å². The van der Waals surface area contributed by atoms with Crippen LogP contribution in [-0.2, 0) is 4.74 Å². The molecule has 1 aliphatic rings. The Morgan fingerprint density at radius 2 is 2.00 bits per heavy atom. The third-order valence-corrected chi connectivity index (χ3v) is 4.39. The van der Waals surface area contributed by atoms with Crippen LogP contribution in [0.25, 0.3) is 0 Å². The van der Waals surface area contributed by atoms with Crippen molar-refractivity contribution < 1.29 is 14.3 Å². The Balaban J connectivity index is 1.71. The van der Waals surface area contributed by atoms with Crippen LogP contribution in [-0.4, -0.2) is 25.2 Å². The number of hydrogen-bond donors (Lipinski definition) is 1. The number of amides is 1.